The van der Waals surface area contributed by atoms with Gasteiger partial charge in [-0.2, -0.15) is 10.2 Å². The Morgan fingerprint density at radius 3 is 2.67 bits per heavy atom. The van der Waals surface area contributed by atoms with Crippen LogP contribution in [0.1, 0.15) is 18.9 Å². The van der Waals surface area contributed by atoms with Crippen LogP contribution in [-0.2, 0) is 0 Å². The van der Waals surface area contributed by atoms with E-state index in [9.17, 15) is 5.21 Å². The molecule has 1 aliphatic heterocycles. The van der Waals surface area contributed by atoms with Crippen molar-refractivity contribution in [3.05, 3.63) is 42.1 Å². The lowest BCUT2D eigenvalue weighted by molar-refractivity contribution is -0.0812. The smallest absolute Gasteiger partial charge is 0.166 e. The number of hydrogen-bond donors (Lipinski definition) is 1. The van der Waals surface area contributed by atoms with Crippen LogP contribution < -0.4 is 0 Å². The molecule has 1 unspecified atom stereocenters. The summed E-state index contributed by atoms with van der Waals surface area (Å²) in [6.45, 7) is 1.95. The molecule has 78 valence electrons. The topological polar surface area (TPSA) is 48.2 Å². The molecule has 1 N–H and O–H groups in total. The molecule has 4 nitrogen and oxygen atoms in total. The maximum atomic E-state index is 9.60. The van der Waals surface area contributed by atoms with Crippen molar-refractivity contribution in [2.75, 3.05) is 0 Å². The Labute approximate surface area is 88.5 Å². The summed E-state index contributed by atoms with van der Waals surface area (Å²) < 4.78 is 0. The highest BCUT2D eigenvalue weighted by atomic mass is 16.5. The van der Waals surface area contributed by atoms with Gasteiger partial charge in [-0.1, -0.05) is 37.3 Å². The zero-order chi connectivity index (χ0) is 10.7. The van der Waals surface area contributed by atoms with Crippen LogP contribution in [0, 0.1) is 0 Å². The Morgan fingerprint density at radius 2 is 2.07 bits per heavy atom. The Kier molecular flexibility index (Phi) is 2.78. The maximum absolute atomic E-state index is 9.60. The van der Waals surface area contributed by atoms with Gasteiger partial charge in [0.05, 0.1) is 6.20 Å². The number of hydrogen-bond acceptors (Lipinski definition) is 4. The molecule has 0 radical (unpaired) electrons. The van der Waals surface area contributed by atoms with Crippen molar-refractivity contribution in [2.45, 2.75) is 19.5 Å². The quantitative estimate of drug-likeness (QED) is 0.803. The van der Waals surface area contributed by atoms with E-state index in [1.807, 2.05) is 37.3 Å². The van der Waals surface area contributed by atoms with Crippen molar-refractivity contribution in [3.8, 4) is 0 Å². The SMILES string of the molecule is CCC1N=NC(c2ccccc2)=CN1O. The van der Waals surface area contributed by atoms with Crippen molar-refractivity contribution < 1.29 is 5.21 Å². The average Bonchev–Trinajstić information content (AvgIpc) is 2.30. The Balaban J connectivity index is 2.24. The molecule has 15 heavy (non-hydrogen) atoms. The molecule has 0 aliphatic carbocycles. The summed E-state index contributed by atoms with van der Waals surface area (Å²) in [5, 5.41) is 18.8. The van der Waals surface area contributed by atoms with Crippen molar-refractivity contribution in [1.82, 2.24) is 5.06 Å². The zero-order valence-corrected chi connectivity index (χ0v) is 8.54. The standard InChI is InChI=1S/C11H13N3O/c1-2-11-13-12-10(8-14(11)15)9-6-4-3-5-7-9/h3-8,11,15H,2H2,1H3. The second-order valence-electron chi connectivity index (χ2n) is 3.36. The zero-order valence-electron chi connectivity index (χ0n) is 8.54. The van der Waals surface area contributed by atoms with Gasteiger partial charge in [0.1, 0.15) is 5.70 Å². The van der Waals surface area contributed by atoms with Crippen LogP contribution in [0.4, 0.5) is 0 Å². The van der Waals surface area contributed by atoms with Crippen molar-refractivity contribution in [3.63, 3.8) is 0 Å². The minimum absolute atomic E-state index is 0.252. The summed E-state index contributed by atoms with van der Waals surface area (Å²) in [7, 11) is 0. The van der Waals surface area contributed by atoms with Crippen LogP contribution in [0.3, 0.4) is 0 Å². The highest BCUT2D eigenvalue weighted by Crippen LogP contribution is 2.22. The molecule has 0 bridgehead atoms. The van der Waals surface area contributed by atoms with Gasteiger partial charge in [-0.25, -0.2) is 5.06 Å². The van der Waals surface area contributed by atoms with Crippen LogP contribution in [0.25, 0.3) is 5.70 Å². The van der Waals surface area contributed by atoms with Gasteiger partial charge in [0.2, 0.25) is 0 Å². The van der Waals surface area contributed by atoms with E-state index in [1.165, 1.54) is 0 Å². The summed E-state index contributed by atoms with van der Waals surface area (Å²) in [4.78, 5) is 0. The minimum atomic E-state index is -0.252. The molecule has 1 aromatic carbocycles. The van der Waals surface area contributed by atoms with Gasteiger partial charge in [-0.3, -0.25) is 5.21 Å². The molecule has 4 heteroatoms. The summed E-state index contributed by atoms with van der Waals surface area (Å²) in [5.74, 6) is 0. The van der Waals surface area contributed by atoms with Gasteiger partial charge in [-0.15, -0.1) is 0 Å². The molecular weight excluding hydrogens is 190 g/mol. The summed E-state index contributed by atoms with van der Waals surface area (Å²) in [5.41, 5.74) is 1.64. The number of azo groups is 1. The lowest BCUT2D eigenvalue weighted by Gasteiger charge is -2.22. The van der Waals surface area contributed by atoms with Gasteiger partial charge in [0, 0.05) is 5.56 Å². The fraction of sp³-hybridized carbons (Fsp3) is 0.273. The van der Waals surface area contributed by atoms with E-state index >= 15 is 0 Å². The third-order valence-corrected chi connectivity index (χ3v) is 2.29. The average molecular weight is 203 g/mol. The lowest BCUT2D eigenvalue weighted by atomic mass is 10.2. The normalized spacial score (nSPS) is 20.3. The number of benzene rings is 1. The van der Waals surface area contributed by atoms with Crippen LogP contribution in [0.2, 0.25) is 0 Å². The first kappa shape index (κ1) is 9.86. The van der Waals surface area contributed by atoms with Crippen LogP contribution in [0.5, 0.6) is 0 Å². The largest absolute Gasteiger partial charge is 0.287 e. The molecule has 0 spiro atoms. The van der Waals surface area contributed by atoms with E-state index in [1.54, 1.807) is 6.20 Å². The molecule has 0 amide bonds. The van der Waals surface area contributed by atoms with Gasteiger partial charge in [-0.05, 0) is 6.42 Å². The second kappa shape index (κ2) is 4.23. The highest BCUT2D eigenvalue weighted by molar-refractivity contribution is 5.63. The molecule has 0 fully saturated rings. The fourth-order valence-corrected chi connectivity index (χ4v) is 1.43. The monoisotopic (exact) mass is 203 g/mol. The second-order valence-corrected chi connectivity index (χ2v) is 3.36. The summed E-state index contributed by atoms with van der Waals surface area (Å²) in [6.07, 6.45) is 2.09. The fourth-order valence-electron chi connectivity index (χ4n) is 1.43. The first-order chi connectivity index (χ1) is 7.31. The Morgan fingerprint density at radius 1 is 1.33 bits per heavy atom. The third-order valence-electron chi connectivity index (χ3n) is 2.29. The summed E-state index contributed by atoms with van der Waals surface area (Å²) >= 11 is 0. The van der Waals surface area contributed by atoms with E-state index in [-0.39, 0.29) is 6.17 Å². The van der Waals surface area contributed by atoms with Crippen molar-refractivity contribution in [2.24, 2.45) is 10.2 Å². The third kappa shape index (κ3) is 2.05. The van der Waals surface area contributed by atoms with E-state index in [4.69, 9.17) is 0 Å². The Hall–Kier alpha value is -1.68. The first-order valence-electron chi connectivity index (χ1n) is 4.96. The summed E-state index contributed by atoms with van der Waals surface area (Å²) in [6, 6.07) is 9.67. The molecule has 1 heterocycles. The molecule has 1 atom stereocenters. The van der Waals surface area contributed by atoms with Gasteiger partial charge in [0.15, 0.2) is 6.17 Å². The lowest BCUT2D eigenvalue weighted by Crippen LogP contribution is -2.26. The molecular formula is C11H13N3O. The van der Waals surface area contributed by atoms with E-state index in [0.29, 0.717) is 5.70 Å². The van der Waals surface area contributed by atoms with Crippen LogP contribution in [0.15, 0.2) is 46.8 Å². The van der Waals surface area contributed by atoms with Crippen LogP contribution in [-0.4, -0.2) is 16.4 Å². The van der Waals surface area contributed by atoms with Crippen LogP contribution >= 0.6 is 0 Å². The number of rotatable bonds is 2. The number of nitrogens with zero attached hydrogens (tertiary/aromatic N) is 3. The van der Waals surface area contributed by atoms with E-state index in [0.717, 1.165) is 17.0 Å². The van der Waals surface area contributed by atoms with Gasteiger partial charge in [0.25, 0.3) is 0 Å². The predicted octanol–water partition coefficient (Wildman–Crippen LogP) is 2.88. The maximum Gasteiger partial charge on any atom is 0.166 e. The van der Waals surface area contributed by atoms with Crippen molar-refractivity contribution in [1.29, 1.82) is 0 Å². The van der Waals surface area contributed by atoms with Crippen molar-refractivity contribution >= 4 is 5.70 Å². The minimum Gasteiger partial charge on any atom is -0.287 e. The molecule has 0 saturated carbocycles. The molecule has 1 aliphatic rings. The van der Waals surface area contributed by atoms with E-state index in [2.05, 4.69) is 10.2 Å². The highest BCUT2D eigenvalue weighted by Gasteiger charge is 2.16. The Bertz CT molecular complexity index is 386. The van der Waals surface area contributed by atoms with E-state index < -0.39 is 0 Å². The predicted molar refractivity (Wildman–Crippen MR) is 57.0 cm³/mol. The van der Waals surface area contributed by atoms with Gasteiger partial charge < -0.3 is 0 Å². The molecule has 0 saturated heterocycles. The molecule has 2 rings (SSSR count). The van der Waals surface area contributed by atoms with Gasteiger partial charge >= 0.3 is 0 Å². The molecule has 0 aromatic heterocycles. The molecule has 1 aromatic rings. The number of hydroxylamine groups is 2. The first-order valence-corrected chi connectivity index (χ1v) is 4.96.